The van der Waals surface area contributed by atoms with Crippen molar-refractivity contribution in [1.29, 1.82) is 0 Å². The summed E-state index contributed by atoms with van der Waals surface area (Å²) in [5.74, 6) is 2.00. The van der Waals surface area contributed by atoms with Gasteiger partial charge in [0.1, 0.15) is 18.1 Å². The van der Waals surface area contributed by atoms with E-state index in [-0.39, 0.29) is 18.6 Å². The molecule has 2 aromatic rings. The maximum atomic E-state index is 12.9. The van der Waals surface area contributed by atoms with Crippen molar-refractivity contribution < 1.29 is 18.8 Å². The first-order valence-corrected chi connectivity index (χ1v) is 7.84. The van der Waals surface area contributed by atoms with Gasteiger partial charge in [0.15, 0.2) is 11.5 Å². The minimum atomic E-state index is -0.613. The molecule has 1 fully saturated rings. The van der Waals surface area contributed by atoms with Crippen LogP contribution in [0.25, 0.3) is 0 Å². The molecule has 2 atom stereocenters. The van der Waals surface area contributed by atoms with E-state index in [1.807, 2.05) is 42.2 Å². The van der Waals surface area contributed by atoms with Crippen molar-refractivity contribution in [2.45, 2.75) is 31.9 Å². The maximum absolute atomic E-state index is 12.9. The van der Waals surface area contributed by atoms with E-state index < -0.39 is 6.10 Å². The van der Waals surface area contributed by atoms with Crippen LogP contribution in [0.4, 0.5) is 0 Å². The quantitative estimate of drug-likeness (QED) is 0.852. The molecule has 0 spiro atoms. The monoisotopic (exact) mass is 314 g/mol. The Balaban J connectivity index is 1.52. The van der Waals surface area contributed by atoms with E-state index in [0.29, 0.717) is 18.0 Å². The molecule has 2 aliphatic heterocycles. The number of para-hydroxylation sites is 2. The molecule has 2 unspecified atom stereocenters. The molecule has 0 N–H and O–H groups in total. The number of rotatable bonds is 2. The minimum Gasteiger partial charge on any atom is -0.485 e. The first-order chi connectivity index (χ1) is 11.2. The number of aromatic nitrogens is 1. The Labute approximate surface area is 134 Å². The normalized spacial score (nSPS) is 23.1. The average Bonchev–Trinajstić information content (AvgIpc) is 3.22. The lowest BCUT2D eigenvalue weighted by Crippen LogP contribution is -2.46. The Bertz CT molecular complexity index is 727. The number of nitrogens with zero attached hydrogens (tertiary/aromatic N) is 2. The molecule has 6 heteroatoms. The molecule has 4 rings (SSSR count). The summed E-state index contributed by atoms with van der Waals surface area (Å²) in [6, 6.07) is 9.26. The molecule has 120 valence electrons. The second-order valence-electron chi connectivity index (χ2n) is 5.92. The summed E-state index contributed by atoms with van der Waals surface area (Å²) < 4.78 is 16.6. The van der Waals surface area contributed by atoms with Crippen LogP contribution < -0.4 is 9.47 Å². The molecule has 3 heterocycles. The van der Waals surface area contributed by atoms with Crippen LogP contribution in [-0.2, 0) is 4.79 Å². The number of carbonyl (C=O) groups is 1. The number of hydrogen-bond donors (Lipinski definition) is 0. The van der Waals surface area contributed by atoms with E-state index in [1.54, 1.807) is 0 Å². The predicted octanol–water partition coefficient (Wildman–Crippen LogP) is 2.49. The molecule has 1 saturated heterocycles. The van der Waals surface area contributed by atoms with Crippen molar-refractivity contribution in [3.8, 4) is 11.5 Å². The second kappa shape index (κ2) is 5.61. The number of ether oxygens (including phenoxy) is 2. The number of aryl methyl sites for hydroxylation is 1. The lowest BCUT2D eigenvalue weighted by Gasteiger charge is -2.31. The number of fused-ring (bicyclic) bond motifs is 1. The molecule has 0 radical (unpaired) electrons. The first kappa shape index (κ1) is 14.1. The highest BCUT2D eigenvalue weighted by atomic mass is 16.6. The summed E-state index contributed by atoms with van der Waals surface area (Å²) in [6.45, 7) is 2.79. The largest absolute Gasteiger partial charge is 0.485 e. The molecule has 2 aliphatic rings. The fourth-order valence-electron chi connectivity index (χ4n) is 3.21. The Hall–Kier alpha value is -2.50. The van der Waals surface area contributed by atoms with Gasteiger partial charge in [-0.15, -0.1) is 0 Å². The van der Waals surface area contributed by atoms with Crippen molar-refractivity contribution in [2.75, 3.05) is 13.2 Å². The first-order valence-electron chi connectivity index (χ1n) is 7.84. The van der Waals surface area contributed by atoms with Crippen LogP contribution in [0.3, 0.4) is 0 Å². The Morgan fingerprint density at radius 1 is 1.30 bits per heavy atom. The Morgan fingerprint density at radius 2 is 2.13 bits per heavy atom. The Kier molecular flexibility index (Phi) is 3.44. The van der Waals surface area contributed by atoms with Crippen LogP contribution in [0.1, 0.15) is 30.3 Å². The third-order valence-corrected chi connectivity index (χ3v) is 4.31. The average molecular weight is 314 g/mol. The van der Waals surface area contributed by atoms with Crippen molar-refractivity contribution in [2.24, 2.45) is 0 Å². The fraction of sp³-hybridized carbons (Fsp3) is 0.412. The summed E-state index contributed by atoms with van der Waals surface area (Å²) in [6.07, 6.45) is 1.23. The highest BCUT2D eigenvalue weighted by Crippen LogP contribution is 2.35. The molecule has 1 aromatic carbocycles. The zero-order chi connectivity index (χ0) is 15.8. The van der Waals surface area contributed by atoms with Gasteiger partial charge in [-0.1, -0.05) is 17.3 Å². The van der Waals surface area contributed by atoms with E-state index in [1.165, 1.54) is 0 Å². The Morgan fingerprint density at radius 3 is 2.91 bits per heavy atom. The van der Waals surface area contributed by atoms with Gasteiger partial charge in [0, 0.05) is 12.6 Å². The van der Waals surface area contributed by atoms with Crippen molar-refractivity contribution >= 4 is 5.91 Å². The van der Waals surface area contributed by atoms with Gasteiger partial charge in [-0.25, -0.2) is 0 Å². The van der Waals surface area contributed by atoms with Gasteiger partial charge >= 0.3 is 0 Å². The third kappa shape index (κ3) is 2.54. The number of amides is 1. The SMILES string of the molecule is Cc1cc(C2CCCN2C(=O)C2COc3ccccc3O2)no1. The number of hydrogen-bond acceptors (Lipinski definition) is 5. The highest BCUT2D eigenvalue weighted by molar-refractivity contribution is 5.82. The molecule has 1 aromatic heterocycles. The van der Waals surface area contributed by atoms with Gasteiger partial charge in [-0.05, 0) is 31.9 Å². The highest BCUT2D eigenvalue weighted by Gasteiger charge is 2.38. The number of benzene rings is 1. The molecular formula is C17H18N2O4. The summed E-state index contributed by atoms with van der Waals surface area (Å²) >= 11 is 0. The third-order valence-electron chi connectivity index (χ3n) is 4.31. The lowest BCUT2D eigenvalue weighted by atomic mass is 10.1. The van der Waals surface area contributed by atoms with Crippen molar-refractivity contribution in [3.63, 3.8) is 0 Å². The van der Waals surface area contributed by atoms with Gasteiger partial charge in [-0.3, -0.25) is 4.79 Å². The topological polar surface area (TPSA) is 64.8 Å². The zero-order valence-electron chi connectivity index (χ0n) is 12.9. The molecule has 0 aliphatic carbocycles. The summed E-state index contributed by atoms with van der Waals surface area (Å²) in [5.41, 5.74) is 0.811. The molecule has 6 nitrogen and oxygen atoms in total. The lowest BCUT2D eigenvalue weighted by molar-refractivity contribution is -0.142. The summed E-state index contributed by atoms with van der Waals surface area (Å²) in [4.78, 5) is 14.7. The molecular weight excluding hydrogens is 296 g/mol. The van der Waals surface area contributed by atoms with E-state index in [4.69, 9.17) is 14.0 Å². The van der Waals surface area contributed by atoms with Crippen molar-refractivity contribution in [3.05, 3.63) is 41.8 Å². The van der Waals surface area contributed by atoms with Gasteiger partial charge in [0.2, 0.25) is 6.10 Å². The molecule has 0 saturated carbocycles. The second-order valence-corrected chi connectivity index (χ2v) is 5.92. The smallest absolute Gasteiger partial charge is 0.267 e. The maximum Gasteiger partial charge on any atom is 0.267 e. The van der Waals surface area contributed by atoms with Crippen LogP contribution in [0, 0.1) is 6.92 Å². The fourth-order valence-corrected chi connectivity index (χ4v) is 3.21. The van der Waals surface area contributed by atoms with Gasteiger partial charge < -0.3 is 18.9 Å². The summed E-state index contributed by atoms with van der Waals surface area (Å²) in [7, 11) is 0. The predicted molar refractivity (Wildman–Crippen MR) is 81.3 cm³/mol. The molecule has 1 amide bonds. The van der Waals surface area contributed by atoms with E-state index in [0.717, 1.165) is 24.3 Å². The minimum absolute atomic E-state index is 0.0410. The van der Waals surface area contributed by atoms with E-state index in [9.17, 15) is 4.79 Å². The van der Waals surface area contributed by atoms with Crippen LogP contribution >= 0.6 is 0 Å². The van der Waals surface area contributed by atoms with Gasteiger partial charge in [-0.2, -0.15) is 0 Å². The number of likely N-dealkylation sites (tertiary alicyclic amines) is 1. The van der Waals surface area contributed by atoms with Gasteiger partial charge in [0.05, 0.1) is 6.04 Å². The molecule has 23 heavy (non-hydrogen) atoms. The van der Waals surface area contributed by atoms with Crippen LogP contribution in [0.15, 0.2) is 34.9 Å². The standard InChI is InChI=1S/C17H18N2O4/c1-11-9-12(18-23-11)13-5-4-8-19(13)17(20)16-10-21-14-6-2-3-7-15(14)22-16/h2-3,6-7,9,13,16H,4-5,8,10H2,1H3. The van der Waals surface area contributed by atoms with Crippen molar-refractivity contribution in [1.82, 2.24) is 10.1 Å². The van der Waals surface area contributed by atoms with Crippen LogP contribution in [0.5, 0.6) is 11.5 Å². The van der Waals surface area contributed by atoms with Crippen LogP contribution in [-0.4, -0.2) is 35.2 Å². The van der Waals surface area contributed by atoms with E-state index in [2.05, 4.69) is 5.16 Å². The van der Waals surface area contributed by atoms with Gasteiger partial charge in [0.25, 0.3) is 5.91 Å². The zero-order valence-corrected chi connectivity index (χ0v) is 12.9. The summed E-state index contributed by atoms with van der Waals surface area (Å²) in [5, 5.41) is 4.07. The number of carbonyl (C=O) groups excluding carboxylic acids is 1. The van der Waals surface area contributed by atoms with E-state index >= 15 is 0 Å². The van der Waals surface area contributed by atoms with Crippen LogP contribution in [0.2, 0.25) is 0 Å². The molecule has 0 bridgehead atoms.